The monoisotopic (exact) mass is 410 g/mol. The van der Waals surface area contributed by atoms with E-state index in [1.54, 1.807) is 0 Å². The average Bonchev–Trinajstić information content (AvgIpc) is 2.68. The molecule has 2 aromatic carbocycles. The standard InChI is InChI=1S/C20H24F2N2O3S/c21-17-8-9-20(18(22)14-17)28(25,26)23-10-4-5-11-24-12-13-27-19(15-24)16-6-2-1-3-7-16/h1-3,6-9,14,19,23H,4-5,10-13,15H2/t19-/m1/s1. The van der Waals surface area contributed by atoms with Crippen LogP contribution in [0.1, 0.15) is 24.5 Å². The highest BCUT2D eigenvalue weighted by molar-refractivity contribution is 7.89. The number of benzene rings is 2. The van der Waals surface area contributed by atoms with Crippen LogP contribution in [-0.4, -0.2) is 46.1 Å². The third-order valence-corrected chi connectivity index (χ3v) is 6.19. The number of unbranched alkanes of at least 4 members (excludes halogenated alkanes) is 1. The fraction of sp³-hybridized carbons (Fsp3) is 0.400. The zero-order valence-electron chi connectivity index (χ0n) is 15.5. The minimum absolute atomic E-state index is 0.0508. The molecule has 0 aromatic heterocycles. The van der Waals surface area contributed by atoms with Crippen molar-refractivity contribution in [3.63, 3.8) is 0 Å². The van der Waals surface area contributed by atoms with Crippen molar-refractivity contribution in [2.24, 2.45) is 0 Å². The molecule has 0 spiro atoms. The highest BCUT2D eigenvalue weighted by Gasteiger charge is 2.22. The van der Waals surface area contributed by atoms with E-state index in [1.165, 1.54) is 0 Å². The van der Waals surface area contributed by atoms with Gasteiger partial charge < -0.3 is 4.74 Å². The van der Waals surface area contributed by atoms with Crippen molar-refractivity contribution in [2.75, 3.05) is 32.8 Å². The van der Waals surface area contributed by atoms with Crippen molar-refractivity contribution in [1.29, 1.82) is 0 Å². The van der Waals surface area contributed by atoms with Gasteiger partial charge in [-0.3, -0.25) is 4.90 Å². The Hall–Kier alpha value is -1.87. The molecule has 2 aromatic rings. The summed E-state index contributed by atoms with van der Waals surface area (Å²) in [6.07, 6.45) is 1.47. The van der Waals surface area contributed by atoms with Gasteiger partial charge in [0.25, 0.3) is 0 Å². The molecule has 8 heteroatoms. The molecule has 0 saturated carbocycles. The van der Waals surface area contributed by atoms with Gasteiger partial charge in [-0.1, -0.05) is 30.3 Å². The van der Waals surface area contributed by atoms with Crippen LogP contribution in [0.25, 0.3) is 0 Å². The Balaban J connectivity index is 1.42. The lowest BCUT2D eigenvalue weighted by atomic mass is 10.1. The first-order valence-electron chi connectivity index (χ1n) is 9.29. The molecule has 1 heterocycles. The van der Waals surface area contributed by atoms with E-state index in [4.69, 9.17) is 4.74 Å². The fourth-order valence-corrected chi connectivity index (χ4v) is 4.34. The van der Waals surface area contributed by atoms with Crippen molar-refractivity contribution in [3.05, 3.63) is 65.7 Å². The number of nitrogens with one attached hydrogen (secondary N) is 1. The minimum Gasteiger partial charge on any atom is -0.371 e. The molecule has 1 fully saturated rings. The van der Waals surface area contributed by atoms with Gasteiger partial charge >= 0.3 is 0 Å². The summed E-state index contributed by atoms with van der Waals surface area (Å²) in [5.74, 6) is -1.90. The van der Waals surface area contributed by atoms with E-state index < -0.39 is 26.6 Å². The number of rotatable bonds is 8. The molecule has 0 unspecified atom stereocenters. The normalized spacial score (nSPS) is 18.3. The van der Waals surface area contributed by atoms with Crippen molar-refractivity contribution >= 4 is 10.0 Å². The zero-order valence-corrected chi connectivity index (χ0v) is 16.3. The van der Waals surface area contributed by atoms with E-state index in [0.29, 0.717) is 19.1 Å². The summed E-state index contributed by atoms with van der Waals surface area (Å²) in [7, 11) is -3.98. The first-order valence-corrected chi connectivity index (χ1v) is 10.8. The van der Waals surface area contributed by atoms with Gasteiger partial charge in [0.15, 0.2) is 0 Å². The van der Waals surface area contributed by atoms with E-state index in [-0.39, 0.29) is 12.6 Å². The molecular formula is C20H24F2N2O3S. The molecule has 0 aliphatic carbocycles. The quantitative estimate of drug-likeness (QED) is 0.680. The molecule has 3 rings (SSSR count). The van der Waals surface area contributed by atoms with Crippen LogP contribution in [0.15, 0.2) is 53.4 Å². The lowest BCUT2D eigenvalue weighted by Crippen LogP contribution is -2.39. The van der Waals surface area contributed by atoms with E-state index in [9.17, 15) is 17.2 Å². The van der Waals surface area contributed by atoms with Crippen molar-refractivity contribution in [3.8, 4) is 0 Å². The number of halogens is 2. The van der Waals surface area contributed by atoms with Gasteiger partial charge in [-0.2, -0.15) is 0 Å². The first-order chi connectivity index (χ1) is 13.5. The summed E-state index contributed by atoms with van der Waals surface area (Å²) < 4.78 is 59.1. The van der Waals surface area contributed by atoms with Crippen LogP contribution in [0.4, 0.5) is 8.78 Å². The highest BCUT2D eigenvalue weighted by atomic mass is 32.2. The molecule has 5 nitrogen and oxygen atoms in total. The van der Waals surface area contributed by atoms with Gasteiger partial charge in [-0.25, -0.2) is 21.9 Å². The second kappa shape index (κ2) is 9.56. The molecule has 1 atom stereocenters. The third-order valence-electron chi connectivity index (χ3n) is 4.70. The Labute approximate surface area is 164 Å². The molecule has 1 N–H and O–H groups in total. The first kappa shape index (κ1) is 20.9. The topological polar surface area (TPSA) is 58.6 Å². The number of morpholine rings is 1. The predicted octanol–water partition coefficient (Wildman–Crippen LogP) is 3.10. The van der Waals surface area contributed by atoms with Gasteiger partial charge in [0.1, 0.15) is 16.5 Å². The highest BCUT2D eigenvalue weighted by Crippen LogP contribution is 2.22. The minimum atomic E-state index is -3.98. The molecule has 1 aliphatic rings. The number of nitrogens with zero attached hydrogens (tertiary/aromatic N) is 1. The molecule has 0 radical (unpaired) electrons. The van der Waals surface area contributed by atoms with E-state index in [2.05, 4.69) is 21.8 Å². The SMILES string of the molecule is O=S(=O)(NCCCCN1CCO[C@@H](c2ccccc2)C1)c1ccc(F)cc1F. The molecule has 1 aliphatic heterocycles. The predicted molar refractivity (Wildman–Crippen MR) is 102 cm³/mol. The van der Waals surface area contributed by atoms with Crippen LogP contribution in [0.2, 0.25) is 0 Å². The summed E-state index contributed by atoms with van der Waals surface area (Å²) in [5.41, 5.74) is 1.15. The molecule has 0 bridgehead atoms. The largest absolute Gasteiger partial charge is 0.371 e. The molecular weight excluding hydrogens is 386 g/mol. The van der Waals surface area contributed by atoms with Crippen molar-refractivity contribution in [1.82, 2.24) is 9.62 Å². The summed E-state index contributed by atoms with van der Waals surface area (Å²) in [5, 5.41) is 0. The molecule has 1 saturated heterocycles. The summed E-state index contributed by atoms with van der Waals surface area (Å²) in [6.45, 7) is 3.34. The number of hydrogen-bond donors (Lipinski definition) is 1. The van der Waals surface area contributed by atoms with Crippen LogP contribution in [-0.2, 0) is 14.8 Å². The summed E-state index contributed by atoms with van der Waals surface area (Å²) >= 11 is 0. The maximum absolute atomic E-state index is 13.7. The maximum Gasteiger partial charge on any atom is 0.243 e. The second-order valence-corrected chi connectivity index (χ2v) is 8.49. The van der Waals surface area contributed by atoms with Gasteiger partial charge in [-0.15, -0.1) is 0 Å². The van der Waals surface area contributed by atoms with Crippen molar-refractivity contribution in [2.45, 2.75) is 23.8 Å². The number of hydrogen-bond acceptors (Lipinski definition) is 4. The Morgan fingerprint density at radius 1 is 1.11 bits per heavy atom. The van der Waals surface area contributed by atoms with Crippen molar-refractivity contribution < 1.29 is 21.9 Å². The molecule has 152 valence electrons. The third kappa shape index (κ3) is 5.57. The Bertz CT molecular complexity index is 878. The van der Waals surface area contributed by atoms with Crippen LogP contribution >= 0.6 is 0 Å². The molecule has 0 amide bonds. The maximum atomic E-state index is 13.7. The smallest absolute Gasteiger partial charge is 0.243 e. The van der Waals surface area contributed by atoms with Crippen LogP contribution < -0.4 is 4.72 Å². The van der Waals surface area contributed by atoms with Crippen LogP contribution in [0, 0.1) is 11.6 Å². The second-order valence-electron chi connectivity index (χ2n) is 6.75. The molecule has 28 heavy (non-hydrogen) atoms. The van der Waals surface area contributed by atoms with Gasteiger partial charge in [0, 0.05) is 25.7 Å². The summed E-state index contributed by atoms with van der Waals surface area (Å²) in [4.78, 5) is 1.77. The Kier molecular flexibility index (Phi) is 7.12. The Morgan fingerprint density at radius 3 is 2.64 bits per heavy atom. The zero-order chi connectivity index (χ0) is 20.0. The Morgan fingerprint density at radius 2 is 1.89 bits per heavy atom. The van der Waals surface area contributed by atoms with Crippen LogP contribution in [0.5, 0.6) is 0 Å². The van der Waals surface area contributed by atoms with Gasteiger partial charge in [0.2, 0.25) is 10.0 Å². The van der Waals surface area contributed by atoms with E-state index in [0.717, 1.165) is 43.8 Å². The van der Waals surface area contributed by atoms with E-state index in [1.807, 2.05) is 18.2 Å². The summed E-state index contributed by atoms with van der Waals surface area (Å²) in [6, 6.07) is 12.5. The average molecular weight is 410 g/mol. The van der Waals surface area contributed by atoms with E-state index >= 15 is 0 Å². The lowest BCUT2D eigenvalue weighted by molar-refractivity contribution is -0.0303. The van der Waals surface area contributed by atoms with Gasteiger partial charge in [0.05, 0.1) is 12.7 Å². The number of sulfonamides is 1. The van der Waals surface area contributed by atoms with Gasteiger partial charge in [-0.05, 0) is 37.1 Å². The fourth-order valence-electron chi connectivity index (χ4n) is 3.21. The number of ether oxygens (including phenoxy) is 1. The van der Waals surface area contributed by atoms with Crippen LogP contribution in [0.3, 0.4) is 0 Å². The lowest BCUT2D eigenvalue weighted by Gasteiger charge is -2.33.